The first-order valence-corrected chi connectivity index (χ1v) is 6.71. The normalized spacial score (nSPS) is 11.5. The fourth-order valence-corrected chi connectivity index (χ4v) is 1.80. The molecule has 0 fully saturated rings. The molecular weight excluding hydrogens is 296 g/mol. The van der Waals surface area contributed by atoms with Crippen LogP contribution in [0.1, 0.15) is 11.1 Å². The van der Waals surface area contributed by atoms with Gasteiger partial charge < -0.3 is 10.2 Å². The number of aliphatic imine (C=N–C) groups is 2. The average molecular weight is 308 g/mol. The molecule has 0 radical (unpaired) electrons. The lowest BCUT2D eigenvalue weighted by atomic mass is 10.2. The Kier molecular flexibility index (Phi) is 4.10. The molecule has 114 valence electrons. The SMILES string of the molecule is Oc1ccccc1C=Nc1nonc1N=Cc1ccccc1O. The molecule has 0 atom stereocenters. The Labute approximate surface area is 131 Å². The molecule has 0 aliphatic carbocycles. The molecule has 0 aliphatic rings. The quantitative estimate of drug-likeness (QED) is 0.721. The maximum absolute atomic E-state index is 9.68. The first-order valence-electron chi connectivity index (χ1n) is 6.71. The van der Waals surface area contributed by atoms with Gasteiger partial charge in [0.05, 0.1) is 0 Å². The third-order valence-electron chi connectivity index (χ3n) is 2.98. The van der Waals surface area contributed by atoms with Crippen LogP contribution in [0.3, 0.4) is 0 Å². The predicted octanol–water partition coefficient (Wildman–Crippen LogP) is 2.98. The smallest absolute Gasteiger partial charge is 0.243 e. The van der Waals surface area contributed by atoms with Crippen molar-refractivity contribution in [1.82, 2.24) is 10.3 Å². The maximum atomic E-state index is 9.68. The van der Waals surface area contributed by atoms with E-state index in [-0.39, 0.29) is 23.1 Å². The minimum Gasteiger partial charge on any atom is -0.507 e. The van der Waals surface area contributed by atoms with Gasteiger partial charge in [-0.2, -0.15) is 0 Å². The number of hydrogen-bond acceptors (Lipinski definition) is 7. The molecular formula is C16H12N4O3. The van der Waals surface area contributed by atoms with Crippen molar-refractivity contribution in [2.24, 2.45) is 9.98 Å². The van der Waals surface area contributed by atoms with Crippen LogP contribution in [0, 0.1) is 0 Å². The van der Waals surface area contributed by atoms with Gasteiger partial charge in [0.25, 0.3) is 0 Å². The number of nitrogens with zero attached hydrogens (tertiary/aromatic N) is 4. The van der Waals surface area contributed by atoms with Crippen molar-refractivity contribution in [3.8, 4) is 11.5 Å². The van der Waals surface area contributed by atoms with Crippen LogP contribution in [0.25, 0.3) is 0 Å². The van der Waals surface area contributed by atoms with Gasteiger partial charge in [-0.15, -0.1) is 0 Å². The number of aromatic nitrogens is 2. The van der Waals surface area contributed by atoms with Crippen molar-refractivity contribution in [3.63, 3.8) is 0 Å². The van der Waals surface area contributed by atoms with E-state index in [9.17, 15) is 10.2 Å². The molecule has 1 heterocycles. The number of aromatic hydroxyl groups is 2. The van der Waals surface area contributed by atoms with Gasteiger partial charge in [-0.05, 0) is 34.6 Å². The van der Waals surface area contributed by atoms with Crippen molar-refractivity contribution >= 4 is 24.1 Å². The zero-order chi connectivity index (χ0) is 16.1. The molecule has 0 aliphatic heterocycles. The monoisotopic (exact) mass is 308 g/mol. The van der Waals surface area contributed by atoms with E-state index in [2.05, 4.69) is 24.9 Å². The molecule has 0 saturated heterocycles. The molecule has 7 heteroatoms. The van der Waals surface area contributed by atoms with E-state index in [1.54, 1.807) is 48.5 Å². The van der Waals surface area contributed by atoms with Gasteiger partial charge in [-0.25, -0.2) is 14.6 Å². The van der Waals surface area contributed by atoms with Gasteiger partial charge in [0.1, 0.15) is 11.5 Å². The highest BCUT2D eigenvalue weighted by atomic mass is 16.6. The highest BCUT2D eigenvalue weighted by Gasteiger charge is 2.07. The van der Waals surface area contributed by atoms with E-state index >= 15 is 0 Å². The molecule has 0 saturated carbocycles. The highest BCUT2D eigenvalue weighted by Crippen LogP contribution is 2.24. The molecule has 0 amide bonds. The van der Waals surface area contributed by atoms with Crippen LogP contribution in [-0.2, 0) is 0 Å². The molecule has 1 aromatic heterocycles. The minimum atomic E-state index is 0.104. The number of rotatable bonds is 4. The van der Waals surface area contributed by atoms with Crippen molar-refractivity contribution < 1.29 is 14.8 Å². The molecule has 3 rings (SSSR count). The third-order valence-corrected chi connectivity index (χ3v) is 2.98. The summed E-state index contributed by atoms with van der Waals surface area (Å²) in [5.41, 5.74) is 1.07. The molecule has 2 aromatic carbocycles. The molecule has 7 nitrogen and oxygen atoms in total. The highest BCUT2D eigenvalue weighted by molar-refractivity contribution is 5.87. The topological polar surface area (TPSA) is 104 Å². The van der Waals surface area contributed by atoms with Crippen molar-refractivity contribution in [3.05, 3.63) is 59.7 Å². The summed E-state index contributed by atoms with van der Waals surface area (Å²) in [7, 11) is 0. The standard InChI is InChI=1S/C16H12N4O3/c21-13-7-3-1-5-11(13)9-17-15-16(20-23-19-15)18-10-12-6-2-4-8-14(12)22/h1-10,21-22H. The Morgan fingerprint density at radius 2 is 1.17 bits per heavy atom. The summed E-state index contributed by atoms with van der Waals surface area (Å²) in [6.07, 6.45) is 2.88. The predicted molar refractivity (Wildman–Crippen MR) is 85.0 cm³/mol. The largest absolute Gasteiger partial charge is 0.507 e. The van der Waals surface area contributed by atoms with Crippen LogP contribution >= 0.6 is 0 Å². The zero-order valence-electron chi connectivity index (χ0n) is 11.9. The third kappa shape index (κ3) is 3.41. The van der Waals surface area contributed by atoms with Crippen molar-refractivity contribution in [2.45, 2.75) is 0 Å². The van der Waals surface area contributed by atoms with Crippen LogP contribution in [-0.4, -0.2) is 33.0 Å². The number of phenolic OH excluding ortho intramolecular Hbond substituents is 2. The van der Waals surface area contributed by atoms with Crippen LogP contribution < -0.4 is 0 Å². The van der Waals surface area contributed by atoms with Gasteiger partial charge in [-0.3, -0.25) is 0 Å². The van der Waals surface area contributed by atoms with Gasteiger partial charge >= 0.3 is 0 Å². The van der Waals surface area contributed by atoms with Gasteiger partial charge in [0, 0.05) is 23.6 Å². The maximum Gasteiger partial charge on any atom is 0.243 e. The molecule has 2 N–H and O–H groups in total. The summed E-state index contributed by atoms with van der Waals surface area (Å²) in [6.45, 7) is 0. The van der Waals surface area contributed by atoms with E-state index in [0.29, 0.717) is 11.1 Å². The number of benzene rings is 2. The number of para-hydroxylation sites is 2. The summed E-state index contributed by atoms with van der Waals surface area (Å²) < 4.78 is 4.63. The van der Waals surface area contributed by atoms with Crippen LogP contribution in [0.15, 0.2) is 63.1 Å². The molecule has 0 bridgehead atoms. The van der Waals surface area contributed by atoms with E-state index in [1.165, 1.54) is 12.4 Å². The first-order chi connectivity index (χ1) is 11.2. The van der Waals surface area contributed by atoms with E-state index in [0.717, 1.165) is 0 Å². The Morgan fingerprint density at radius 3 is 1.61 bits per heavy atom. The molecule has 23 heavy (non-hydrogen) atoms. The first kappa shape index (κ1) is 14.5. The molecule has 0 spiro atoms. The summed E-state index contributed by atoms with van der Waals surface area (Å²) in [5.74, 6) is 0.541. The van der Waals surface area contributed by atoms with Crippen molar-refractivity contribution in [2.75, 3.05) is 0 Å². The Hall–Kier alpha value is -3.48. The summed E-state index contributed by atoms with van der Waals surface area (Å²) in [5, 5.41) is 26.7. The lowest BCUT2D eigenvalue weighted by Crippen LogP contribution is -1.82. The summed E-state index contributed by atoms with van der Waals surface area (Å²) in [4.78, 5) is 8.21. The van der Waals surface area contributed by atoms with Gasteiger partial charge in [0.2, 0.25) is 11.6 Å². The van der Waals surface area contributed by atoms with Crippen molar-refractivity contribution in [1.29, 1.82) is 0 Å². The summed E-state index contributed by atoms with van der Waals surface area (Å²) >= 11 is 0. The Balaban J connectivity index is 1.83. The second-order valence-electron chi connectivity index (χ2n) is 4.55. The van der Waals surface area contributed by atoms with Crippen LogP contribution in [0.2, 0.25) is 0 Å². The fourth-order valence-electron chi connectivity index (χ4n) is 1.80. The van der Waals surface area contributed by atoms with E-state index in [1.807, 2.05) is 0 Å². The Bertz CT molecular complexity index is 801. The lowest BCUT2D eigenvalue weighted by molar-refractivity contribution is 0.309. The number of hydrogen-bond donors (Lipinski definition) is 2. The van der Waals surface area contributed by atoms with Crippen LogP contribution in [0.4, 0.5) is 11.6 Å². The van der Waals surface area contributed by atoms with Gasteiger partial charge in [-0.1, -0.05) is 24.3 Å². The zero-order valence-corrected chi connectivity index (χ0v) is 11.9. The molecule has 0 unspecified atom stereocenters. The number of phenols is 2. The second kappa shape index (κ2) is 6.52. The average Bonchev–Trinajstić information content (AvgIpc) is 3.01. The molecule has 3 aromatic rings. The van der Waals surface area contributed by atoms with Gasteiger partial charge in [0.15, 0.2) is 0 Å². The van der Waals surface area contributed by atoms with E-state index in [4.69, 9.17) is 0 Å². The summed E-state index contributed by atoms with van der Waals surface area (Å²) in [6, 6.07) is 13.5. The van der Waals surface area contributed by atoms with Crippen LogP contribution in [0.5, 0.6) is 11.5 Å². The second-order valence-corrected chi connectivity index (χ2v) is 4.55. The fraction of sp³-hybridized carbons (Fsp3) is 0. The lowest BCUT2D eigenvalue weighted by Gasteiger charge is -1.96. The minimum absolute atomic E-state index is 0.104. The van der Waals surface area contributed by atoms with E-state index < -0.39 is 0 Å². The Morgan fingerprint density at radius 1 is 0.739 bits per heavy atom.